The van der Waals surface area contributed by atoms with E-state index in [1.165, 1.54) is 11.1 Å². The van der Waals surface area contributed by atoms with Gasteiger partial charge in [0.05, 0.1) is 13.2 Å². The van der Waals surface area contributed by atoms with Gasteiger partial charge in [0.2, 0.25) is 0 Å². The van der Waals surface area contributed by atoms with E-state index in [4.69, 9.17) is 9.47 Å². The third-order valence-electron chi connectivity index (χ3n) is 6.94. The van der Waals surface area contributed by atoms with Crippen LogP contribution in [-0.2, 0) is 4.79 Å². The highest BCUT2D eigenvalue weighted by atomic mass is 16.5. The van der Waals surface area contributed by atoms with Crippen molar-refractivity contribution in [3.05, 3.63) is 59.7 Å². The lowest BCUT2D eigenvalue weighted by atomic mass is 9.67. The number of piperidine rings is 1. The van der Waals surface area contributed by atoms with Crippen molar-refractivity contribution < 1.29 is 14.3 Å². The number of ketones is 1. The monoisotopic (exact) mass is 435 g/mol. The van der Waals surface area contributed by atoms with Crippen LogP contribution in [0.4, 0.5) is 0 Å². The highest BCUT2D eigenvalue weighted by Gasteiger charge is 2.46. The molecule has 2 bridgehead atoms. The summed E-state index contributed by atoms with van der Waals surface area (Å²) in [5, 5.41) is 3.86. The zero-order chi connectivity index (χ0) is 22.3. The Hall–Kier alpha value is -2.33. The van der Waals surface area contributed by atoms with Crippen LogP contribution in [0.25, 0.3) is 0 Å². The summed E-state index contributed by atoms with van der Waals surface area (Å²) in [6, 6.07) is 16.8. The first-order chi connectivity index (χ1) is 15.7. The minimum atomic E-state index is 0.0502. The van der Waals surface area contributed by atoms with E-state index in [9.17, 15) is 4.79 Å². The molecule has 172 valence electrons. The van der Waals surface area contributed by atoms with Crippen LogP contribution in [0.1, 0.15) is 82.0 Å². The van der Waals surface area contributed by atoms with Crippen LogP contribution in [0.2, 0.25) is 0 Å². The summed E-state index contributed by atoms with van der Waals surface area (Å²) in [6.07, 6.45) is 7.44. The fourth-order valence-electron chi connectivity index (χ4n) is 5.07. The van der Waals surface area contributed by atoms with Gasteiger partial charge in [-0.05, 0) is 61.1 Å². The van der Waals surface area contributed by atoms with Crippen LogP contribution in [0.5, 0.6) is 11.5 Å². The van der Waals surface area contributed by atoms with E-state index in [2.05, 4.69) is 43.4 Å². The molecule has 2 aromatic rings. The molecule has 32 heavy (non-hydrogen) atoms. The molecule has 0 spiro atoms. The zero-order valence-electron chi connectivity index (χ0n) is 19.5. The van der Waals surface area contributed by atoms with Gasteiger partial charge in [-0.1, -0.05) is 57.4 Å². The molecule has 4 nitrogen and oxygen atoms in total. The number of ether oxygens (including phenoxy) is 2. The molecule has 2 aromatic carbocycles. The predicted octanol–water partition coefficient (Wildman–Crippen LogP) is 6.42. The minimum Gasteiger partial charge on any atom is -0.494 e. The maximum Gasteiger partial charge on any atom is 0.142 e. The van der Waals surface area contributed by atoms with E-state index in [1.807, 2.05) is 24.3 Å². The summed E-state index contributed by atoms with van der Waals surface area (Å²) in [6.45, 7) is 5.83. The number of nitrogens with one attached hydrogen (secondary N) is 1. The molecule has 1 saturated heterocycles. The van der Waals surface area contributed by atoms with Gasteiger partial charge in [-0.15, -0.1) is 0 Å². The summed E-state index contributed by atoms with van der Waals surface area (Å²) in [7, 11) is 0. The molecule has 1 aliphatic carbocycles. The molecule has 2 aliphatic rings. The summed E-state index contributed by atoms with van der Waals surface area (Å²) in [5.41, 5.74) is 2.35. The Balaban J connectivity index is 1.50. The summed E-state index contributed by atoms with van der Waals surface area (Å²) < 4.78 is 11.7. The minimum absolute atomic E-state index is 0.0502. The molecular formula is C28H37NO3. The second-order valence-corrected chi connectivity index (χ2v) is 9.21. The third kappa shape index (κ3) is 5.17. The lowest BCUT2D eigenvalue weighted by Crippen LogP contribution is -2.50. The van der Waals surface area contributed by atoms with Crippen LogP contribution < -0.4 is 14.8 Å². The van der Waals surface area contributed by atoms with Gasteiger partial charge in [0.25, 0.3) is 0 Å². The molecule has 1 N–H and O–H groups in total. The topological polar surface area (TPSA) is 47.6 Å². The second kappa shape index (κ2) is 11.0. The smallest absolute Gasteiger partial charge is 0.142 e. The fourth-order valence-corrected chi connectivity index (χ4v) is 5.07. The lowest BCUT2D eigenvalue weighted by Gasteiger charge is -2.45. The Kier molecular flexibility index (Phi) is 7.85. The highest BCUT2D eigenvalue weighted by molar-refractivity contribution is 5.87. The van der Waals surface area contributed by atoms with Crippen molar-refractivity contribution in [3.63, 3.8) is 0 Å². The van der Waals surface area contributed by atoms with E-state index in [0.29, 0.717) is 5.78 Å². The Morgan fingerprint density at radius 1 is 0.750 bits per heavy atom. The quantitative estimate of drug-likeness (QED) is 0.438. The van der Waals surface area contributed by atoms with Gasteiger partial charge in [0.15, 0.2) is 0 Å². The molecule has 1 saturated carbocycles. The van der Waals surface area contributed by atoms with Crippen molar-refractivity contribution in [1.82, 2.24) is 5.32 Å². The molecule has 4 atom stereocenters. The molecule has 0 amide bonds. The number of unbranched alkanes of at least 4 members (excludes halogenated alkanes) is 2. The third-order valence-corrected chi connectivity index (χ3v) is 6.94. The average Bonchev–Trinajstić information content (AvgIpc) is 2.81. The molecule has 1 heterocycles. The number of benzene rings is 2. The largest absolute Gasteiger partial charge is 0.494 e. The Bertz CT molecular complexity index is 792. The number of hydrogen-bond donors (Lipinski definition) is 1. The van der Waals surface area contributed by atoms with Crippen molar-refractivity contribution in [1.29, 1.82) is 0 Å². The van der Waals surface area contributed by atoms with Crippen LogP contribution in [0.3, 0.4) is 0 Å². The van der Waals surface area contributed by atoms with Gasteiger partial charge in [0.1, 0.15) is 17.3 Å². The van der Waals surface area contributed by atoms with Crippen LogP contribution in [0, 0.1) is 11.8 Å². The maximum atomic E-state index is 13.4. The number of rotatable bonds is 10. The van der Waals surface area contributed by atoms with Gasteiger partial charge in [0, 0.05) is 23.9 Å². The van der Waals surface area contributed by atoms with E-state index < -0.39 is 0 Å². The Labute approximate surface area is 192 Å². The molecular weight excluding hydrogens is 398 g/mol. The fraction of sp³-hybridized carbons (Fsp3) is 0.536. The van der Waals surface area contributed by atoms with E-state index in [-0.39, 0.29) is 23.9 Å². The molecule has 0 radical (unpaired) electrons. The van der Waals surface area contributed by atoms with Gasteiger partial charge < -0.3 is 14.8 Å². The molecule has 4 heteroatoms. The zero-order valence-corrected chi connectivity index (χ0v) is 19.5. The second-order valence-electron chi connectivity index (χ2n) is 9.21. The van der Waals surface area contributed by atoms with Gasteiger partial charge in [-0.2, -0.15) is 0 Å². The van der Waals surface area contributed by atoms with Gasteiger partial charge >= 0.3 is 0 Å². The molecule has 0 aromatic heterocycles. The van der Waals surface area contributed by atoms with Crippen LogP contribution in [-0.4, -0.2) is 19.0 Å². The SMILES string of the molecule is CCCCOc1ccc(C2NC(c3ccc(OCCCC)cc3)C3CCCC2C3=O)cc1. The summed E-state index contributed by atoms with van der Waals surface area (Å²) in [4.78, 5) is 13.4. The normalized spacial score (nSPS) is 24.9. The predicted molar refractivity (Wildman–Crippen MR) is 128 cm³/mol. The first kappa shape index (κ1) is 22.8. The van der Waals surface area contributed by atoms with Crippen molar-refractivity contribution in [2.45, 2.75) is 70.9 Å². The van der Waals surface area contributed by atoms with E-state index in [0.717, 1.165) is 69.7 Å². The standard InChI is InChI=1S/C28H37NO3/c1-3-5-18-31-22-14-10-20(11-15-22)26-24-8-7-9-25(28(24)30)27(29-26)21-12-16-23(17-13-21)32-19-6-4-2/h10-17,24-27,29H,3-9,18-19H2,1-2H3. The molecule has 1 aliphatic heterocycles. The average molecular weight is 436 g/mol. The molecule has 4 unspecified atom stereocenters. The maximum absolute atomic E-state index is 13.4. The van der Waals surface area contributed by atoms with Crippen molar-refractivity contribution in [3.8, 4) is 11.5 Å². The highest BCUT2D eigenvalue weighted by Crippen LogP contribution is 2.46. The van der Waals surface area contributed by atoms with Crippen molar-refractivity contribution in [2.75, 3.05) is 13.2 Å². The summed E-state index contributed by atoms with van der Waals surface area (Å²) >= 11 is 0. The summed E-state index contributed by atoms with van der Waals surface area (Å²) in [5.74, 6) is 2.36. The number of fused-ring (bicyclic) bond motifs is 2. The lowest BCUT2D eigenvalue weighted by molar-refractivity contribution is -0.135. The molecule has 4 rings (SSSR count). The van der Waals surface area contributed by atoms with E-state index >= 15 is 0 Å². The Morgan fingerprint density at radius 3 is 1.59 bits per heavy atom. The number of carbonyl (C=O) groups excluding carboxylic acids is 1. The van der Waals surface area contributed by atoms with Gasteiger partial charge in [-0.3, -0.25) is 4.79 Å². The first-order valence-electron chi connectivity index (χ1n) is 12.5. The van der Waals surface area contributed by atoms with Gasteiger partial charge in [-0.25, -0.2) is 0 Å². The van der Waals surface area contributed by atoms with Crippen LogP contribution >= 0.6 is 0 Å². The number of hydrogen-bond acceptors (Lipinski definition) is 4. The first-order valence-corrected chi connectivity index (χ1v) is 12.5. The van der Waals surface area contributed by atoms with Crippen LogP contribution in [0.15, 0.2) is 48.5 Å². The van der Waals surface area contributed by atoms with Crippen molar-refractivity contribution >= 4 is 5.78 Å². The molecule has 2 fully saturated rings. The number of Topliss-reactive ketones (excluding diaryl/α,β-unsaturated/α-hetero) is 1. The Morgan fingerprint density at radius 2 is 1.19 bits per heavy atom. The van der Waals surface area contributed by atoms with Crippen molar-refractivity contribution in [2.24, 2.45) is 11.8 Å². The number of carbonyl (C=O) groups is 1. The van der Waals surface area contributed by atoms with E-state index in [1.54, 1.807) is 0 Å².